The maximum Gasteiger partial charge on any atom is 0.272 e. The number of H-pyrrole nitrogens is 1. The first-order chi connectivity index (χ1) is 11.3. The van der Waals surface area contributed by atoms with E-state index in [2.05, 4.69) is 15.5 Å². The number of aromatic amines is 1. The lowest BCUT2D eigenvalue weighted by Crippen LogP contribution is -2.21. The number of nitrogens with zero attached hydrogens (tertiary/aromatic N) is 1. The number of furan rings is 1. The van der Waals surface area contributed by atoms with E-state index >= 15 is 0 Å². The van der Waals surface area contributed by atoms with Crippen LogP contribution in [-0.4, -0.2) is 22.7 Å². The molecule has 0 radical (unpaired) electrons. The summed E-state index contributed by atoms with van der Waals surface area (Å²) in [6.45, 7) is 2.56. The fourth-order valence-corrected chi connectivity index (χ4v) is 2.86. The predicted molar refractivity (Wildman–Crippen MR) is 83.2 cm³/mol. The molecule has 0 unspecified atom stereocenters. The molecule has 0 bridgehead atoms. The van der Waals surface area contributed by atoms with E-state index in [1.807, 2.05) is 37.3 Å². The Hall–Kier alpha value is -3.02. The zero-order chi connectivity index (χ0) is 15.8. The summed E-state index contributed by atoms with van der Waals surface area (Å²) in [5.74, 6) is 1.28. The van der Waals surface area contributed by atoms with Crippen LogP contribution in [0.4, 0.5) is 0 Å². The molecule has 1 amide bonds. The molecule has 23 heavy (non-hydrogen) atoms. The molecule has 3 heterocycles. The lowest BCUT2D eigenvalue weighted by molar-refractivity contribution is 0.0955. The van der Waals surface area contributed by atoms with Crippen molar-refractivity contribution in [2.24, 2.45) is 0 Å². The van der Waals surface area contributed by atoms with Crippen LogP contribution in [0, 0.1) is 0 Å². The van der Waals surface area contributed by atoms with E-state index in [0.717, 1.165) is 22.6 Å². The minimum Gasteiger partial charge on any atom is -0.494 e. The molecule has 1 aliphatic rings. The van der Waals surface area contributed by atoms with E-state index in [0.29, 0.717) is 18.1 Å². The zero-order valence-electron chi connectivity index (χ0n) is 12.5. The minimum absolute atomic E-state index is 0.187. The minimum atomic E-state index is -0.257. The predicted octanol–water partition coefficient (Wildman–Crippen LogP) is 2.90. The Bertz CT molecular complexity index is 835. The van der Waals surface area contributed by atoms with Crippen LogP contribution in [-0.2, 0) is 0 Å². The van der Waals surface area contributed by atoms with Crippen LogP contribution in [0.25, 0.3) is 11.5 Å². The standard InChI is InChI=1S/C17H15N3O3/c1-2-22-11-7-5-10(6-8-11)14-13-15(12-4-3-9-23-12)19-20-16(13)17(21)18-14/h3-9,14H,2H2,1H3,(H,18,21)(H,19,20)/t14-/m0/s1. The summed E-state index contributed by atoms with van der Waals surface area (Å²) < 4.78 is 10.9. The Morgan fingerprint density at radius 2 is 2.09 bits per heavy atom. The Balaban J connectivity index is 1.76. The van der Waals surface area contributed by atoms with Crippen molar-refractivity contribution >= 4 is 5.91 Å². The van der Waals surface area contributed by atoms with E-state index < -0.39 is 0 Å². The summed E-state index contributed by atoms with van der Waals surface area (Å²) in [5, 5.41) is 10.0. The summed E-state index contributed by atoms with van der Waals surface area (Å²) in [6, 6.07) is 11.1. The van der Waals surface area contributed by atoms with Gasteiger partial charge >= 0.3 is 0 Å². The number of benzene rings is 1. The maximum absolute atomic E-state index is 12.2. The second-order valence-electron chi connectivity index (χ2n) is 5.25. The molecule has 2 aromatic heterocycles. The summed E-state index contributed by atoms with van der Waals surface area (Å²) in [7, 11) is 0. The second-order valence-corrected chi connectivity index (χ2v) is 5.25. The molecule has 1 atom stereocenters. The topological polar surface area (TPSA) is 80.1 Å². The third-order valence-electron chi connectivity index (χ3n) is 3.88. The highest BCUT2D eigenvalue weighted by molar-refractivity contribution is 5.99. The average Bonchev–Trinajstić information content (AvgIpc) is 3.27. The highest BCUT2D eigenvalue weighted by Crippen LogP contribution is 2.37. The van der Waals surface area contributed by atoms with Crippen LogP contribution in [0.2, 0.25) is 0 Å². The van der Waals surface area contributed by atoms with Crippen molar-refractivity contribution in [2.45, 2.75) is 13.0 Å². The third-order valence-corrected chi connectivity index (χ3v) is 3.88. The number of nitrogens with one attached hydrogen (secondary N) is 2. The molecular weight excluding hydrogens is 294 g/mol. The second kappa shape index (κ2) is 5.31. The van der Waals surface area contributed by atoms with Gasteiger partial charge in [0, 0.05) is 5.56 Å². The maximum atomic E-state index is 12.2. The molecule has 116 valence electrons. The normalized spacial score (nSPS) is 16.2. The van der Waals surface area contributed by atoms with E-state index in [4.69, 9.17) is 9.15 Å². The van der Waals surface area contributed by atoms with Gasteiger partial charge in [-0.3, -0.25) is 9.89 Å². The Kier molecular flexibility index (Phi) is 3.15. The van der Waals surface area contributed by atoms with Crippen molar-refractivity contribution < 1.29 is 13.9 Å². The molecular formula is C17H15N3O3. The number of aromatic nitrogens is 2. The van der Waals surface area contributed by atoms with Gasteiger partial charge in [-0.05, 0) is 36.8 Å². The van der Waals surface area contributed by atoms with E-state index in [1.54, 1.807) is 12.3 Å². The van der Waals surface area contributed by atoms with Crippen LogP contribution in [0.3, 0.4) is 0 Å². The molecule has 0 spiro atoms. The van der Waals surface area contributed by atoms with Crippen LogP contribution >= 0.6 is 0 Å². The van der Waals surface area contributed by atoms with Crippen LogP contribution in [0.15, 0.2) is 47.1 Å². The molecule has 1 aliphatic heterocycles. The number of rotatable bonds is 4. The Morgan fingerprint density at radius 1 is 1.26 bits per heavy atom. The highest BCUT2D eigenvalue weighted by Gasteiger charge is 2.36. The van der Waals surface area contributed by atoms with Gasteiger partial charge in [-0.1, -0.05) is 12.1 Å². The van der Waals surface area contributed by atoms with Gasteiger partial charge in [-0.25, -0.2) is 0 Å². The van der Waals surface area contributed by atoms with Crippen molar-refractivity contribution in [2.75, 3.05) is 6.61 Å². The number of hydrogen-bond acceptors (Lipinski definition) is 4. The molecule has 0 aliphatic carbocycles. The van der Waals surface area contributed by atoms with Gasteiger partial charge in [0.05, 0.1) is 18.9 Å². The van der Waals surface area contributed by atoms with Gasteiger partial charge in [0.2, 0.25) is 0 Å². The fourth-order valence-electron chi connectivity index (χ4n) is 2.86. The summed E-state index contributed by atoms with van der Waals surface area (Å²) in [5.41, 5.74) is 2.92. The molecule has 4 rings (SSSR count). The number of hydrogen-bond donors (Lipinski definition) is 2. The van der Waals surface area contributed by atoms with Crippen molar-refractivity contribution in [1.82, 2.24) is 15.5 Å². The fraction of sp³-hybridized carbons (Fsp3) is 0.176. The molecule has 6 nitrogen and oxygen atoms in total. The first-order valence-electron chi connectivity index (χ1n) is 7.43. The van der Waals surface area contributed by atoms with Crippen molar-refractivity contribution in [1.29, 1.82) is 0 Å². The molecule has 0 saturated carbocycles. The number of ether oxygens (including phenoxy) is 1. The number of fused-ring (bicyclic) bond motifs is 1. The van der Waals surface area contributed by atoms with Gasteiger partial charge in [-0.2, -0.15) is 5.10 Å². The van der Waals surface area contributed by atoms with Gasteiger partial charge < -0.3 is 14.5 Å². The van der Waals surface area contributed by atoms with E-state index in [-0.39, 0.29) is 11.9 Å². The molecule has 3 aromatic rings. The van der Waals surface area contributed by atoms with Crippen LogP contribution in [0.5, 0.6) is 5.75 Å². The summed E-state index contributed by atoms with van der Waals surface area (Å²) in [6.07, 6.45) is 1.60. The first-order valence-corrected chi connectivity index (χ1v) is 7.43. The SMILES string of the molecule is CCOc1ccc([C@@H]2NC(=O)c3n[nH]c(-c4ccco4)c32)cc1. The van der Waals surface area contributed by atoms with Crippen molar-refractivity contribution in [3.8, 4) is 17.2 Å². The summed E-state index contributed by atoms with van der Waals surface area (Å²) in [4.78, 5) is 12.2. The average molecular weight is 309 g/mol. The third kappa shape index (κ3) is 2.19. The van der Waals surface area contributed by atoms with E-state index in [9.17, 15) is 4.79 Å². The molecule has 6 heteroatoms. The molecule has 0 saturated heterocycles. The number of carbonyl (C=O) groups excluding carboxylic acids is 1. The molecule has 2 N–H and O–H groups in total. The largest absolute Gasteiger partial charge is 0.494 e. The number of carbonyl (C=O) groups is 1. The zero-order valence-corrected chi connectivity index (χ0v) is 12.5. The number of amides is 1. The van der Waals surface area contributed by atoms with Crippen LogP contribution < -0.4 is 10.1 Å². The quantitative estimate of drug-likeness (QED) is 0.776. The Morgan fingerprint density at radius 3 is 2.78 bits per heavy atom. The van der Waals surface area contributed by atoms with Crippen LogP contribution in [0.1, 0.15) is 34.6 Å². The van der Waals surface area contributed by atoms with Gasteiger partial charge in [0.1, 0.15) is 11.4 Å². The summed E-state index contributed by atoms with van der Waals surface area (Å²) >= 11 is 0. The molecule has 0 fully saturated rings. The van der Waals surface area contributed by atoms with Crippen molar-refractivity contribution in [3.05, 3.63) is 59.5 Å². The van der Waals surface area contributed by atoms with Gasteiger partial charge in [0.15, 0.2) is 11.5 Å². The first kappa shape index (κ1) is 13.6. The van der Waals surface area contributed by atoms with Gasteiger partial charge in [0.25, 0.3) is 5.91 Å². The monoisotopic (exact) mass is 309 g/mol. The van der Waals surface area contributed by atoms with E-state index in [1.165, 1.54) is 0 Å². The van der Waals surface area contributed by atoms with Gasteiger partial charge in [-0.15, -0.1) is 0 Å². The highest BCUT2D eigenvalue weighted by atomic mass is 16.5. The molecule has 1 aromatic carbocycles. The van der Waals surface area contributed by atoms with Crippen molar-refractivity contribution in [3.63, 3.8) is 0 Å². The lowest BCUT2D eigenvalue weighted by Gasteiger charge is -2.13. The smallest absolute Gasteiger partial charge is 0.272 e. The Labute approximate surface area is 132 Å². The lowest BCUT2D eigenvalue weighted by atomic mass is 9.99.